The number of ether oxygens (including phenoxy) is 2. The third kappa shape index (κ3) is 25.3. The second-order valence-electron chi connectivity index (χ2n) is 14.8. The molecule has 0 saturated heterocycles. The smallest absolute Gasteiger partial charge is 0.462 e. The van der Waals surface area contributed by atoms with Crippen LogP contribution in [0, 0.1) is 0 Å². The van der Waals surface area contributed by atoms with E-state index in [1.807, 2.05) is 0 Å². The van der Waals surface area contributed by atoms with Crippen molar-refractivity contribution in [3.63, 3.8) is 0 Å². The Bertz CT molecular complexity index is 1070. The molecule has 0 spiro atoms. The van der Waals surface area contributed by atoms with E-state index in [9.17, 15) is 44.6 Å². The van der Waals surface area contributed by atoms with E-state index in [-0.39, 0.29) is 12.8 Å². The van der Waals surface area contributed by atoms with Crippen molar-refractivity contribution in [3.05, 3.63) is 24.3 Å². The van der Waals surface area contributed by atoms with Gasteiger partial charge >= 0.3 is 19.8 Å². The minimum atomic E-state index is -5.11. The standard InChI is InChI=1S/C41H75O13P/c1-3-5-7-9-11-13-15-17-19-21-23-25-27-29-34(42)51-31-33(32-52-55(49,50)54-41-39(47)37(45)36(44)38(46)40(41)48)53-35(43)30-28-26-24-22-20-18-16-14-12-10-8-6-4-2/h8,10,14,16,33,36-41,44-48H,3-7,9,11-13,15,17-32H2,1-2H3,(H,49,50). The summed E-state index contributed by atoms with van der Waals surface area (Å²) in [6.07, 6.45) is 19.6. The van der Waals surface area contributed by atoms with Gasteiger partial charge in [0.25, 0.3) is 0 Å². The van der Waals surface area contributed by atoms with Gasteiger partial charge in [-0.25, -0.2) is 4.57 Å². The molecule has 0 aliphatic heterocycles. The summed E-state index contributed by atoms with van der Waals surface area (Å²) in [6, 6.07) is 0. The number of hydrogen-bond acceptors (Lipinski definition) is 12. The first-order valence-electron chi connectivity index (χ1n) is 21.1. The van der Waals surface area contributed by atoms with Gasteiger partial charge in [-0.1, -0.05) is 141 Å². The van der Waals surface area contributed by atoms with Gasteiger partial charge in [0.05, 0.1) is 6.61 Å². The lowest BCUT2D eigenvalue weighted by Gasteiger charge is -2.41. The summed E-state index contributed by atoms with van der Waals surface area (Å²) < 4.78 is 33.4. The highest BCUT2D eigenvalue weighted by molar-refractivity contribution is 7.47. The predicted octanol–water partition coefficient (Wildman–Crippen LogP) is 7.28. The van der Waals surface area contributed by atoms with Crippen LogP contribution in [0.15, 0.2) is 24.3 Å². The molecule has 1 fully saturated rings. The molecule has 6 N–H and O–H groups in total. The number of hydrogen-bond donors (Lipinski definition) is 6. The van der Waals surface area contributed by atoms with E-state index in [0.29, 0.717) is 12.8 Å². The first kappa shape index (κ1) is 51.3. The van der Waals surface area contributed by atoms with Crippen LogP contribution in [0.2, 0.25) is 0 Å². The van der Waals surface area contributed by atoms with Crippen LogP contribution in [0.5, 0.6) is 0 Å². The van der Waals surface area contributed by atoms with Crippen molar-refractivity contribution in [2.75, 3.05) is 13.2 Å². The van der Waals surface area contributed by atoms with Crippen LogP contribution < -0.4 is 0 Å². The molecule has 0 aromatic heterocycles. The summed E-state index contributed by atoms with van der Waals surface area (Å²) >= 11 is 0. The van der Waals surface area contributed by atoms with Gasteiger partial charge in [0, 0.05) is 12.8 Å². The molecule has 0 aromatic carbocycles. The maximum Gasteiger partial charge on any atom is 0.472 e. The highest BCUT2D eigenvalue weighted by Crippen LogP contribution is 2.47. The van der Waals surface area contributed by atoms with Gasteiger partial charge in [-0.15, -0.1) is 0 Å². The average molecular weight is 807 g/mol. The van der Waals surface area contributed by atoms with Crippen molar-refractivity contribution in [2.45, 2.75) is 211 Å². The van der Waals surface area contributed by atoms with Crippen LogP contribution in [-0.2, 0) is 32.7 Å². The highest BCUT2D eigenvalue weighted by atomic mass is 31.2. The molecule has 0 aromatic rings. The topological polar surface area (TPSA) is 210 Å². The fourth-order valence-corrected chi connectivity index (χ4v) is 7.30. The SMILES string of the molecule is CCCC=CCC=CCCCCCCCC(=O)OC(COC(=O)CCCCCCCCCCCCCCC)COP(=O)(O)OC1C(O)C(O)C(O)C(O)C1O. The highest BCUT2D eigenvalue weighted by Gasteiger charge is 2.51. The molecule has 6 unspecified atom stereocenters. The second kappa shape index (κ2) is 32.3. The number of aliphatic hydroxyl groups excluding tert-OH is 5. The quantitative estimate of drug-likeness (QED) is 0.0164. The van der Waals surface area contributed by atoms with Crippen molar-refractivity contribution in [1.29, 1.82) is 0 Å². The van der Waals surface area contributed by atoms with E-state index in [4.69, 9.17) is 18.5 Å². The predicted molar refractivity (Wildman–Crippen MR) is 212 cm³/mol. The first-order valence-corrected chi connectivity index (χ1v) is 22.6. The number of allylic oxidation sites excluding steroid dienone is 4. The van der Waals surface area contributed by atoms with Crippen LogP contribution in [0.4, 0.5) is 0 Å². The number of carbonyl (C=O) groups excluding carboxylic acids is 2. The Morgan fingerprint density at radius 2 is 1.02 bits per heavy atom. The molecule has 13 nitrogen and oxygen atoms in total. The summed E-state index contributed by atoms with van der Waals surface area (Å²) in [4.78, 5) is 35.5. The molecule has 1 aliphatic rings. The fourth-order valence-electron chi connectivity index (χ4n) is 6.32. The molecule has 1 aliphatic carbocycles. The van der Waals surface area contributed by atoms with Gasteiger partial charge in [0.2, 0.25) is 0 Å². The largest absolute Gasteiger partial charge is 0.472 e. The monoisotopic (exact) mass is 806 g/mol. The van der Waals surface area contributed by atoms with E-state index in [0.717, 1.165) is 70.6 Å². The van der Waals surface area contributed by atoms with E-state index >= 15 is 0 Å². The van der Waals surface area contributed by atoms with Crippen LogP contribution in [0.1, 0.15) is 168 Å². The molecule has 6 atom stereocenters. The summed E-state index contributed by atoms with van der Waals surface area (Å²) in [7, 11) is -5.11. The van der Waals surface area contributed by atoms with Crippen molar-refractivity contribution in [2.24, 2.45) is 0 Å². The average Bonchev–Trinajstić information content (AvgIpc) is 3.16. The zero-order valence-electron chi connectivity index (χ0n) is 33.7. The Balaban J connectivity index is 2.51. The minimum absolute atomic E-state index is 0.0826. The molecule has 0 bridgehead atoms. The van der Waals surface area contributed by atoms with Crippen molar-refractivity contribution in [3.8, 4) is 0 Å². The third-order valence-electron chi connectivity index (χ3n) is 9.78. The number of rotatable bonds is 34. The molecule has 0 radical (unpaired) electrons. The van der Waals surface area contributed by atoms with Crippen LogP contribution >= 0.6 is 7.82 Å². The molecule has 1 rings (SSSR count). The zero-order chi connectivity index (χ0) is 40.7. The maximum absolute atomic E-state index is 12.8. The van der Waals surface area contributed by atoms with E-state index < -0.39 is 75.7 Å². The molecular weight excluding hydrogens is 731 g/mol. The van der Waals surface area contributed by atoms with Gasteiger partial charge < -0.3 is 39.9 Å². The van der Waals surface area contributed by atoms with Crippen LogP contribution in [-0.4, -0.2) is 98.3 Å². The number of phosphoric ester groups is 1. The van der Waals surface area contributed by atoms with Crippen LogP contribution in [0.25, 0.3) is 0 Å². The Hall–Kier alpha value is -1.67. The second-order valence-corrected chi connectivity index (χ2v) is 16.3. The van der Waals surface area contributed by atoms with Crippen molar-refractivity contribution in [1.82, 2.24) is 0 Å². The van der Waals surface area contributed by atoms with Gasteiger partial charge in [-0.3, -0.25) is 18.6 Å². The lowest BCUT2D eigenvalue weighted by Crippen LogP contribution is -2.64. The number of unbranched alkanes of at least 4 members (excludes halogenated alkanes) is 18. The van der Waals surface area contributed by atoms with E-state index in [1.54, 1.807) is 0 Å². The van der Waals surface area contributed by atoms with E-state index in [2.05, 4.69) is 38.2 Å². The zero-order valence-corrected chi connectivity index (χ0v) is 34.6. The van der Waals surface area contributed by atoms with Gasteiger partial charge in [0.15, 0.2) is 6.10 Å². The molecule has 1 saturated carbocycles. The number of carbonyl (C=O) groups is 2. The normalized spacial score (nSPS) is 23.3. The number of aliphatic hydroxyl groups is 5. The Morgan fingerprint density at radius 3 is 1.55 bits per heavy atom. The molecule has 55 heavy (non-hydrogen) atoms. The van der Waals surface area contributed by atoms with Crippen LogP contribution in [0.3, 0.4) is 0 Å². The molecule has 322 valence electrons. The summed E-state index contributed by atoms with van der Waals surface area (Å²) in [5.74, 6) is -1.11. The van der Waals surface area contributed by atoms with Crippen molar-refractivity contribution >= 4 is 19.8 Å². The number of esters is 2. The third-order valence-corrected chi connectivity index (χ3v) is 10.8. The van der Waals surface area contributed by atoms with E-state index in [1.165, 1.54) is 57.8 Å². The molecule has 14 heteroatoms. The summed E-state index contributed by atoms with van der Waals surface area (Å²) in [5, 5.41) is 50.0. The molecule has 0 heterocycles. The van der Waals surface area contributed by atoms with Crippen molar-refractivity contribution < 1.29 is 63.1 Å². The lowest BCUT2D eigenvalue weighted by atomic mass is 9.85. The maximum atomic E-state index is 12.8. The Morgan fingerprint density at radius 1 is 0.564 bits per heavy atom. The van der Waals surface area contributed by atoms with Gasteiger partial charge in [0.1, 0.15) is 43.2 Å². The first-order chi connectivity index (χ1) is 26.4. The summed E-state index contributed by atoms with van der Waals surface area (Å²) in [6.45, 7) is 3.20. The summed E-state index contributed by atoms with van der Waals surface area (Å²) in [5.41, 5.74) is 0. The lowest BCUT2D eigenvalue weighted by molar-refractivity contribution is -0.220. The Labute approximate surface area is 330 Å². The molecular formula is C41H75O13P. The Kier molecular flexibility index (Phi) is 30.2. The minimum Gasteiger partial charge on any atom is -0.462 e. The van der Waals surface area contributed by atoms with Gasteiger partial charge in [-0.2, -0.15) is 0 Å². The number of phosphoric acid groups is 1. The molecule has 0 amide bonds. The van der Waals surface area contributed by atoms with Gasteiger partial charge in [-0.05, 0) is 38.5 Å². The fraction of sp³-hybridized carbons (Fsp3) is 0.854.